The summed E-state index contributed by atoms with van der Waals surface area (Å²) in [5.74, 6) is -2.26. The fourth-order valence-electron chi connectivity index (χ4n) is 3.89. The lowest BCUT2D eigenvalue weighted by Crippen LogP contribution is -2.45. The molecule has 1 fully saturated rings. The Morgan fingerprint density at radius 3 is 2.40 bits per heavy atom. The van der Waals surface area contributed by atoms with Crippen molar-refractivity contribution in [2.75, 3.05) is 4.90 Å². The van der Waals surface area contributed by atoms with Crippen LogP contribution < -0.4 is 4.90 Å². The van der Waals surface area contributed by atoms with Crippen LogP contribution in [0.15, 0.2) is 66.7 Å². The number of hydrogen-bond acceptors (Lipinski definition) is 5. The zero-order chi connectivity index (χ0) is 25.3. The summed E-state index contributed by atoms with van der Waals surface area (Å²) in [5, 5.41) is 11.2. The molecule has 178 valence electrons. The summed E-state index contributed by atoms with van der Waals surface area (Å²) < 4.78 is 13.4. The van der Waals surface area contributed by atoms with E-state index in [0.717, 1.165) is 16.5 Å². The molecule has 0 saturated carbocycles. The first-order valence-electron chi connectivity index (χ1n) is 10.6. The third-order valence-electron chi connectivity index (χ3n) is 5.71. The molecule has 0 N–H and O–H groups in total. The van der Waals surface area contributed by atoms with E-state index in [2.05, 4.69) is 0 Å². The van der Waals surface area contributed by atoms with Gasteiger partial charge in [-0.3, -0.25) is 24.5 Å². The second kappa shape index (κ2) is 9.63. The Bertz CT molecular complexity index is 1330. The van der Waals surface area contributed by atoms with Gasteiger partial charge in [0.25, 0.3) is 17.5 Å². The van der Waals surface area contributed by atoms with E-state index in [0.29, 0.717) is 11.3 Å². The summed E-state index contributed by atoms with van der Waals surface area (Å²) in [7, 11) is 0. The van der Waals surface area contributed by atoms with Crippen LogP contribution in [0.4, 0.5) is 15.8 Å². The van der Waals surface area contributed by atoms with Gasteiger partial charge in [0.2, 0.25) is 5.91 Å². The van der Waals surface area contributed by atoms with Gasteiger partial charge in [0.1, 0.15) is 16.9 Å². The lowest BCUT2D eigenvalue weighted by Gasteiger charge is -2.28. The molecular formula is C25H19ClFN3O5. The van der Waals surface area contributed by atoms with Crippen LogP contribution in [0.3, 0.4) is 0 Å². The number of carbonyl (C=O) groups is 3. The number of hydrogen-bond donors (Lipinski definition) is 0. The van der Waals surface area contributed by atoms with Crippen molar-refractivity contribution in [2.45, 2.75) is 25.9 Å². The third kappa shape index (κ3) is 4.90. The van der Waals surface area contributed by atoms with Crippen LogP contribution in [0.2, 0.25) is 5.02 Å². The van der Waals surface area contributed by atoms with Crippen LogP contribution in [-0.4, -0.2) is 33.6 Å². The van der Waals surface area contributed by atoms with E-state index in [9.17, 15) is 28.9 Å². The lowest BCUT2D eigenvalue weighted by atomic mass is 10.1. The van der Waals surface area contributed by atoms with E-state index in [1.54, 1.807) is 24.3 Å². The molecule has 3 aromatic rings. The minimum absolute atomic E-state index is 0.0720. The number of amides is 3. The van der Waals surface area contributed by atoms with Crippen molar-refractivity contribution in [3.63, 3.8) is 0 Å². The number of nitro groups is 1. The number of imide groups is 1. The molecule has 4 rings (SSSR count). The number of carbonyl (C=O) groups excluding carboxylic acids is 3. The maximum atomic E-state index is 13.5. The first-order valence-corrected chi connectivity index (χ1v) is 11.0. The predicted molar refractivity (Wildman–Crippen MR) is 126 cm³/mol. The lowest BCUT2D eigenvalue weighted by molar-refractivity contribution is -0.384. The summed E-state index contributed by atoms with van der Waals surface area (Å²) in [6, 6.07) is 14.6. The minimum Gasteiger partial charge on any atom is -0.322 e. The molecule has 1 saturated heterocycles. The largest absolute Gasteiger partial charge is 0.322 e. The van der Waals surface area contributed by atoms with Crippen molar-refractivity contribution in [1.82, 2.24) is 4.90 Å². The zero-order valence-corrected chi connectivity index (χ0v) is 19.2. The Hall–Kier alpha value is -4.11. The average Bonchev–Trinajstić information content (AvgIpc) is 3.12. The number of rotatable bonds is 6. The quantitative estimate of drug-likeness (QED) is 0.281. The van der Waals surface area contributed by atoms with Crippen LogP contribution in [-0.2, 0) is 16.1 Å². The molecule has 0 spiro atoms. The molecule has 1 unspecified atom stereocenters. The van der Waals surface area contributed by atoms with E-state index in [1.807, 2.05) is 6.92 Å². The number of nitrogens with zero attached hydrogens (tertiary/aromatic N) is 3. The Morgan fingerprint density at radius 2 is 1.77 bits per heavy atom. The molecule has 1 atom stereocenters. The second-order valence-corrected chi connectivity index (χ2v) is 8.51. The molecule has 0 bridgehead atoms. The van der Waals surface area contributed by atoms with E-state index in [1.165, 1.54) is 41.3 Å². The average molecular weight is 496 g/mol. The van der Waals surface area contributed by atoms with E-state index in [4.69, 9.17) is 11.6 Å². The Morgan fingerprint density at radius 1 is 1.11 bits per heavy atom. The first-order chi connectivity index (χ1) is 16.7. The number of halogens is 2. The van der Waals surface area contributed by atoms with Gasteiger partial charge in [-0.2, -0.15) is 0 Å². The normalized spacial score (nSPS) is 15.4. The molecule has 0 radical (unpaired) electrons. The highest BCUT2D eigenvalue weighted by atomic mass is 35.5. The second-order valence-electron chi connectivity index (χ2n) is 8.11. The summed E-state index contributed by atoms with van der Waals surface area (Å²) in [6.07, 6.45) is -0.269. The zero-order valence-electron chi connectivity index (χ0n) is 18.5. The highest BCUT2D eigenvalue weighted by molar-refractivity contribution is 6.32. The number of benzene rings is 3. The number of nitro benzene ring substituents is 1. The molecule has 1 aliphatic rings. The number of aryl methyl sites for hydroxylation is 1. The Balaban J connectivity index is 1.72. The third-order valence-corrected chi connectivity index (χ3v) is 6.03. The van der Waals surface area contributed by atoms with Crippen LogP contribution in [0.1, 0.15) is 27.9 Å². The molecule has 0 aromatic heterocycles. The minimum atomic E-state index is -1.16. The molecule has 3 amide bonds. The van der Waals surface area contributed by atoms with Gasteiger partial charge in [0, 0.05) is 18.2 Å². The molecule has 8 nitrogen and oxygen atoms in total. The molecule has 1 aliphatic heterocycles. The highest BCUT2D eigenvalue weighted by Gasteiger charge is 2.44. The summed E-state index contributed by atoms with van der Waals surface area (Å²) in [4.78, 5) is 52.6. The van der Waals surface area contributed by atoms with Gasteiger partial charge < -0.3 is 4.90 Å². The van der Waals surface area contributed by atoms with E-state index in [-0.39, 0.29) is 23.6 Å². The summed E-state index contributed by atoms with van der Waals surface area (Å²) in [6.45, 7) is 1.75. The first kappa shape index (κ1) is 24.0. The summed E-state index contributed by atoms with van der Waals surface area (Å²) in [5.41, 5.74) is 1.30. The van der Waals surface area contributed by atoms with E-state index < -0.39 is 40.2 Å². The summed E-state index contributed by atoms with van der Waals surface area (Å²) >= 11 is 5.88. The van der Waals surface area contributed by atoms with Gasteiger partial charge in [0.15, 0.2) is 0 Å². The maximum Gasteiger partial charge on any atom is 0.288 e. The van der Waals surface area contributed by atoms with Crippen molar-refractivity contribution in [3.05, 3.63) is 104 Å². The molecular weight excluding hydrogens is 477 g/mol. The van der Waals surface area contributed by atoms with Crippen molar-refractivity contribution in [2.24, 2.45) is 0 Å². The molecule has 10 heteroatoms. The van der Waals surface area contributed by atoms with Gasteiger partial charge in [-0.25, -0.2) is 9.29 Å². The monoisotopic (exact) mass is 495 g/mol. The topological polar surface area (TPSA) is 101 Å². The van der Waals surface area contributed by atoms with Crippen molar-refractivity contribution in [1.29, 1.82) is 0 Å². The van der Waals surface area contributed by atoms with Crippen LogP contribution in [0.25, 0.3) is 0 Å². The van der Waals surface area contributed by atoms with Gasteiger partial charge in [-0.15, -0.1) is 0 Å². The molecule has 3 aromatic carbocycles. The molecule has 0 aliphatic carbocycles. The van der Waals surface area contributed by atoms with E-state index >= 15 is 0 Å². The Labute approximate surface area is 204 Å². The van der Waals surface area contributed by atoms with Crippen LogP contribution >= 0.6 is 11.6 Å². The molecule has 1 heterocycles. The van der Waals surface area contributed by atoms with Crippen LogP contribution in [0.5, 0.6) is 0 Å². The SMILES string of the molecule is Cc1ccc(N2C(=O)CC(N(Cc3ccc(F)cc3)C(=O)c3ccc(Cl)c([N+](=O)[O-])c3)C2=O)cc1. The Kier molecular flexibility index (Phi) is 6.61. The van der Waals surface area contributed by atoms with Gasteiger partial charge in [0.05, 0.1) is 17.0 Å². The van der Waals surface area contributed by atoms with Crippen LogP contribution in [0, 0.1) is 22.9 Å². The predicted octanol–water partition coefficient (Wildman–Crippen LogP) is 4.67. The van der Waals surface area contributed by atoms with Crippen molar-refractivity contribution >= 4 is 40.7 Å². The number of anilines is 1. The standard InChI is InChI=1S/C25H19ClFN3O5/c1-15-2-9-19(10-3-15)29-23(31)13-22(25(29)33)28(14-16-4-7-18(27)8-5-16)24(32)17-6-11-20(26)21(12-17)30(34)35/h2-12,22H,13-14H2,1H3. The van der Waals surface area contributed by atoms with Gasteiger partial charge in [-0.05, 0) is 48.9 Å². The highest BCUT2D eigenvalue weighted by Crippen LogP contribution is 2.30. The van der Waals surface area contributed by atoms with Crippen molar-refractivity contribution in [3.8, 4) is 0 Å². The fourth-order valence-corrected chi connectivity index (χ4v) is 4.07. The van der Waals surface area contributed by atoms with Crippen molar-refractivity contribution < 1.29 is 23.7 Å². The fraction of sp³-hybridized carbons (Fsp3) is 0.160. The van der Waals surface area contributed by atoms with Gasteiger partial charge >= 0.3 is 0 Å². The maximum absolute atomic E-state index is 13.5. The van der Waals surface area contributed by atoms with Gasteiger partial charge in [-0.1, -0.05) is 41.4 Å². The molecule has 35 heavy (non-hydrogen) atoms. The smallest absolute Gasteiger partial charge is 0.288 e.